The van der Waals surface area contributed by atoms with Gasteiger partial charge in [0.1, 0.15) is 36.0 Å². The summed E-state index contributed by atoms with van der Waals surface area (Å²) in [5.74, 6) is -5.35. The number of carbonyl (C=O) groups is 6. The lowest BCUT2D eigenvalue weighted by molar-refractivity contribution is -0.142. The third kappa shape index (κ3) is 14.8. The number of benzene rings is 2. The Bertz CT molecular complexity index is 1460. The highest BCUT2D eigenvalue weighted by molar-refractivity contribution is 5.95. The fraction of sp³-hybridized carbons (Fsp3) is 0.486. The lowest BCUT2D eigenvalue weighted by Gasteiger charge is -2.25. The van der Waals surface area contributed by atoms with E-state index in [2.05, 4.69) is 26.6 Å². The Morgan fingerprint density at radius 2 is 1.27 bits per heavy atom. The molecule has 0 saturated heterocycles. The average molecular weight is 714 g/mol. The van der Waals surface area contributed by atoms with Gasteiger partial charge >= 0.3 is 5.97 Å². The molecule has 5 amide bonds. The van der Waals surface area contributed by atoms with Gasteiger partial charge in [-0.1, -0.05) is 56.3 Å². The number of aliphatic hydroxyl groups excluding tert-OH is 1. The number of aromatic hydroxyl groups is 1. The minimum atomic E-state index is -1.36. The number of unbranched alkanes of at least 4 members (excludes halogenated alkanes) is 1. The Kier molecular flexibility index (Phi) is 17.5. The van der Waals surface area contributed by atoms with Crippen molar-refractivity contribution in [1.29, 1.82) is 0 Å². The first-order valence-corrected chi connectivity index (χ1v) is 16.8. The third-order valence-corrected chi connectivity index (χ3v) is 8.00. The maximum Gasteiger partial charge on any atom is 0.326 e. The lowest BCUT2D eigenvalue weighted by Crippen LogP contribution is -2.58. The molecule has 0 saturated carbocycles. The number of hydrogen-bond donors (Lipinski definition) is 10. The van der Waals surface area contributed by atoms with E-state index in [0.717, 1.165) is 0 Å². The molecule has 0 fully saturated rings. The van der Waals surface area contributed by atoms with E-state index in [1.165, 1.54) is 31.2 Å². The monoisotopic (exact) mass is 713 g/mol. The summed E-state index contributed by atoms with van der Waals surface area (Å²) in [6.45, 7) is 4.46. The van der Waals surface area contributed by atoms with Gasteiger partial charge in [0, 0.05) is 12.8 Å². The smallest absolute Gasteiger partial charge is 0.326 e. The number of aliphatic carboxylic acids is 1. The third-order valence-electron chi connectivity index (χ3n) is 8.00. The normalized spacial score (nSPS) is 14.6. The number of carbonyl (C=O) groups excluding carboxylic acids is 5. The Balaban J connectivity index is 2.19. The molecule has 0 aromatic heterocycles. The van der Waals surface area contributed by atoms with E-state index in [4.69, 9.17) is 11.5 Å². The van der Waals surface area contributed by atoms with Crippen LogP contribution in [0.2, 0.25) is 0 Å². The predicted molar refractivity (Wildman–Crippen MR) is 188 cm³/mol. The lowest BCUT2D eigenvalue weighted by atomic mass is 10.0. The van der Waals surface area contributed by atoms with Gasteiger partial charge in [-0.05, 0) is 61.9 Å². The first-order valence-electron chi connectivity index (χ1n) is 16.8. The molecule has 0 radical (unpaired) electrons. The van der Waals surface area contributed by atoms with E-state index in [9.17, 15) is 44.1 Å². The van der Waals surface area contributed by atoms with E-state index in [-0.39, 0.29) is 25.0 Å². The van der Waals surface area contributed by atoms with Crippen molar-refractivity contribution < 1.29 is 44.1 Å². The summed E-state index contributed by atoms with van der Waals surface area (Å²) < 4.78 is 0. The van der Waals surface area contributed by atoms with Gasteiger partial charge < -0.3 is 53.4 Å². The predicted octanol–water partition coefficient (Wildman–Crippen LogP) is -1.19. The number of nitrogens with two attached hydrogens (primary N) is 2. The maximum absolute atomic E-state index is 13.7. The summed E-state index contributed by atoms with van der Waals surface area (Å²) in [4.78, 5) is 77.6. The van der Waals surface area contributed by atoms with Crippen LogP contribution in [-0.4, -0.2) is 100 Å². The number of carboxylic acids is 1. The van der Waals surface area contributed by atoms with E-state index in [0.29, 0.717) is 30.5 Å². The summed E-state index contributed by atoms with van der Waals surface area (Å²) in [5, 5.41) is 41.7. The molecule has 16 heteroatoms. The summed E-state index contributed by atoms with van der Waals surface area (Å²) in [6.07, 6.45) is -0.128. The quantitative estimate of drug-likeness (QED) is 0.0687. The number of hydrogen-bond acceptors (Lipinski definition) is 10. The summed E-state index contributed by atoms with van der Waals surface area (Å²) >= 11 is 0. The van der Waals surface area contributed by atoms with E-state index >= 15 is 0 Å². The number of aliphatic hydroxyl groups is 1. The molecule has 280 valence electrons. The standard InChI is InChI=1S/C35H51N7O9/c1-20(2)30(42-33(48)29(37)21(3)43)34(49)38-19-28(45)39-25(11-7-8-16-36)31(46)40-26(17-22-9-5-4-6-10-22)32(47)41-27(35(50)51)18-23-12-14-24(44)15-13-23/h4-6,9-10,12-15,20-21,25-27,29-30,43-44H,7-8,11,16-19,36-37H2,1-3H3,(H,38,49)(H,39,45)(H,40,46)(H,41,47)(H,42,48)(H,50,51)/t21-,25+,26+,27+,29+,30+/m1/s1. The van der Waals surface area contributed by atoms with Gasteiger partial charge in [-0.3, -0.25) is 24.0 Å². The van der Waals surface area contributed by atoms with Crippen LogP contribution in [0, 0.1) is 5.92 Å². The van der Waals surface area contributed by atoms with Crippen LogP contribution in [-0.2, 0) is 41.6 Å². The molecule has 2 rings (SSSR count). The molecule has 16 nitrogen and oxygen atoms in total. The van der Waals surface area contributed by atoms with Crippen molar-refractivity contribution in [1.82, 2.24) is 26.6 Å². The number of phenolic OH excluding ortho intramolecular Hbond substituents is 1. The van der Waals surface area contributed by atoms with Crippen LogP contribution >= 0.6 is 0 Å². The second-order valence-corrected chi connectivity index (χ2v) is 12.6. The second-order valence-electron chi connectivity index (χ2n) is 12.6. The van der Waals surface area contributed by atoms with Crippen molar-refractivity contribution in [3.8, 4) is 5.75 Å². The van der Waals surface area contributed by atoms with Crippen molar-refractivity contribution in [2.24, 2.45) is 17.4 Å². The summed E-state index contributed by atoms with van der Waals surface area (Å²) in [7, 11) is 0. The van der Waals surface area contributed by atoms with E-state index < -0.39 is 84.3 Å². The summed E-state index contributed by atoms with van der Waals surface area (Å²) in [5.41, 5.74) is 12.5. The van der Waals surface area contributed by atoms with Crippen molar-refractivity contribution in [2.45, 2.75) is 89.2 Å². The SMILES string of the molecule is CC(C)[C@H](NC(=O)[C@@H](N)[C@@H](C)O)C(=O)NCC(=O)N[C@@H](CCCCN)C(=O)N[C@@H](Cc1ccccc1)C(=O)N[C@@H](Cc1ccc(O)cc1)C(=O)O. The van der Waals surface area contributed by atoms with Crippen molar-refractivity contribution in [3.05, 3.63) is 65.7 Å². The van der Waals surface area contributed by atoms with Crippen LogP contribution < -0.4 is 38.1 Å². The van der Waals surface area contributed by atoms with Gasteiger partial charge in [0.15, 0.2) is 0 Å². The molecule has 0 aliphatic carbocycles. The van der Waals surface area contributed by atoms with Crippen molar-refractivity contribution in [3.63, 3.8) is 0 Å². The Labute approximate surface area is 297 Å². The zero-order valence-corrected chi connectivity index (χ0v) is 29.1. The number of nitrogens with one attached hydrogen (secondary N) is 5. The first kappa shape index (κ1) is 42.1. The molecule has 0 bridgehead atoms. The molecular formula is C35H51N7O9. The van der Waals surface area contributed by atoms with E-state index in [1.54, 1.807) is 44.2 Å². The topological polar surface area (TPSA) is 275 Å². The fourth-order valence-corrected chi connectivity index (χ4v) is 4.96. The molecule has 0 aliphatic rings. The fourth-order valence-electron chi connectivity index (χ4n) is 4.96. The molecule has 51 heavy (non-hydrogen) atoms. The van der Waals surface area contributed by atoms with Crippen LogP contribution in [0.4, 0.5) is 0 Å². The van der Waals surface area contributed by atoms with Gasteiger partial charge in [0.05, 0.1) is 12.6 Å². The van der Waals surface area contributed by atoms with Gasteiger partial charge in [0.25, 0.3) is 0 Å². The largest absolute Gasteiger partial charge is 0.508 e. The van der Waals surface area contributed by atoms with Crippen LogP contribution in [0.5, 0.6) is 5.75 Å². The average Bonchev–Trinajstić information content (AvgIpc) is 3.09. The minimum Gasteiger partial charge on any atom is -0.508 e. The second kappa shape index (κ2) is 21.2. The Hall–Kier alpha value is -5.06. The zero-order valence-electron chi connectivity index (χ0n) is 29.1. The molecule has 12 N–H and O–H groups in total. The molecule has 0 heterocycles. The molecule has 0 unspecified atom stereocenters. The van der Waals surface area contributed by atoms with Crippen LogP contribution in [0.15, 0.2) is 54.6 Å². The van der Waals surface area contributed by atoms with Crippen LogP contribution in [0.3, 0.4) is 0 Å². The molecule has 6 atom stereocenters. The highest BCUT2D eigenvalue weighted by Gasteiger charge is 2.31. The van der Waals surface area contributed by atoms with E-state index in [1.807, 2.05) is 0 Å². The number of carboxylic acid groups (broad SMARTS) is 1. The van der Waals surface area contributed by atoms with Gasteiger partial charge in [-0.25, -0.2) is 4.79 Å². The number of phenols is 1. The Morgan fingerprint density at radius 1 is 0.706 bits per heavy atom. The van der Waals surface area contributed by atoms with Crippen LogP contribution in [0.25, 0.3) is 0 Å². The molecule has 2 aromatic carbocycles. The maximum atomic E-state index is 13.7. The van der Waals surface area contributed by atoms with Gasteiger partial charge in [-0.15, -0.1) is 0 Å². The molecule has 0 aliphatic heterocycles. The highest BCUT2D eigenvalue weighted by Crippen LogP contribution is 2.13. The Morgan fingerprint density at radius 3 is 1.84 bits per heavy atom. The zero-order chi connectivity index (χ0) is 38.1. The number of amides is 5. The highest BCUT2D eigenvalue weighted by atomic mass is 16.4. The first-order chi connectivity index (χ1) is 24.1. The summed E-state index contributed by atoms with van der Waals surface area (Å²) in [6, 6.07) is 8.53. The van der Waals surface area contributed by atoms with Gasteiger partial charge in [0.2, 0.25) is 29.5 Å². The molecular weight excluding hydrogens is 662 g/mol. The van der Waals surface area contributed by atoms with Crippen molar-refractivity contribution >= 4 is 35.5 Å². The van der Waals surface area contributed by atoms with Gasteiger partial charge in [-0.2, -0.15) is 0 Å². The van der Waals surface area contributed by atoms with Crippen molar-refractivity contribution in [2.75, 3.05) is 13.1 Å². The molecule has 0 spiro atoms. The minimum absolute atomic E-state index is 0.00169. The number of rotatable bonds is 21. The van der Waals surface area contributed by atoms with Crippen LogP contribution in [0.1, 0.15) is 51.2 Å². The molecule has 2 aromatic rings.